The molecule has 0 bridgehead atoms. The van der Waals surface area contributed by atoms with Gasteiger partial charge in [-0.3, -0.25) is 4.79 Å². The van der Waals surface area contributed by atoms with Gasteiger partial charge in [-0.05, 0) is 19.1 Å². The molecule has 1 aromatic heterocycles. The van der Waals surface area contributed by atoms with E-state index in [0.29, 0.717) is 24.7 Å². The lowest BCUT2D eigenvalue weighted by molar-refractivity contribution is -0.124. The number of amides is 1. The van der Waals surface area contributed by atoms with Crippen molar-refractivity contribution in [2.45, 2.75) is 20.4 Å². The van der Waals surface area contributed by atoms with Crippen LogP contribution in [0.4, 0.5) is 0 Å². The third kappa shape index (κ3) is 3.45. The first-order valence-corrected chi connectivity index (χ1v) is 6.59. The van der Waals surface area contributed by atoms with Gasteiger partial charge >= 0.3 is 0 Å². The summed E-state index contributed by atoms with van der Waals surface area (Å²) in [5.41, 5.74) is 8.24. The van der Waals surface area contributed by atoms with Crippen LogP contribution in [0.3, 0.4) is 0 Å². The summed E-state index contributed by atoms with van der Waals surface area (Å²) >= 11 is 0. The molecule has 0 aliphatic rings. The van der Waals surface area contributed by atoms with Gasteiger partial charge in [-0.2, -0.15) is 0 Å². The maximum Gasteiger partial charge on any atom is 0.226 e. The zero-order valence-corrected chi connectivity index (χ0v) is 11.7. The molecule has 1 atom stereocenters. The number of aromatic nitrogens is 1. The number of aryl methyl sites for hydroxylation is 1. The third-order valence-corrected chi connectivity index (χ3v) is 3.10. The quantitative estimate of drug-likeness (QED) is 0.871. The summed E-state index contributed by atoms with van der Waals surface area (Å²) in [6.07, 6.45) is 1.56. The molecule has 1 unspecified atom stereocenters. The van der Waals surface area contributed by atoms with E-state index in [0.717, 1.165) is 5.56 Å². The number of hydrogen-bond donors (Lipinski definition) is 2. The lowest BCUT2D eigenvalue weighted by Crippen LogP contribution is -2.32. The highest BCUT2D eigenvalue weighted by Gasteiger charge is 2.12. The molecule has 2 aromatic rings. The van der Waals surface area contributed by atoms with Crippen LogP contribution in [0.2, 0.25) is 0 Å². The summed E-state index contributed by atoms with van der Waals surface area (Å²) in [5.74, 6) is 0.284. The van der Waals surface area contributed by atoms with Crippen molar-refractivity contribution in [3.8, 4) is 11.5 Å². The van der Waals surface area contributed by atoms with Crippen molar-refractivity contribution in [3.63, 3.8) is 0 Å². The van der Waals surface area contributed by atoms with Gasteiger partial charge in [-0.15, -0.1) is 0 Å². The molecular weight excluding hydrogens is 254 g/mol. The van der Waals surface area contributed by atoms with Crippen LogP contribution >= 0.6 is 0 Å². The summed E-state index contributed by atoms with van der Waals surface area (Å²) in [7, 11) is 0. The summed E-state index contributed by atoms with van der Waals surface area (Å²) in [4.78, 5) is 16.0. The minimum atomic E-state index is -0.196. The van der Waals surface area contributed by atoms with Crippen LogP contribution in [0.15, 0.2) is 34.9 Å². The molecule has 1 aromatic carbocycles. The van der Waals surface area contributed by atoms with E-state index >= 15 is 0 Å². The fraction of sp³-hybridized carbons (Fsp3) is 0.333. The largest absolute Gasteiger partial charge is 0.444 e. The summed E-state index contributed by atoms with van der Waals surface area (Å²) < 4.78 is 5.42. The van der Waals surface area contributed by atoms with Crippen LogP contribution in [-0.4, -0.2) is 17.4 Å². The summed E-state index contributed by atoms with van der Waals surface area (Å²) in [5, 5.41) is 2.78. The Morgan fingerprint density at radius 3 is 2.75 bits per heavy atom. The Balaban J connectivity index is 1.99. The maximum atomic E-state index is 11.6. The molecule has 0 aliphatic carbocycles. The predicted octanol–water partition coefficient (Wildman–Crippen LogP) is 1.86. The van der Waals surface area contributed by atoms with Gasteiger partial charge in [-0.25, -0.2) is 4.98 Å². The van der Waals surface area contributed by atoms with Gasteiger partial charge in [0.05, 0.1) is 12.2 Å². The smallest absolute Gasteiger partial charge is 0.226 e. The van der Waals surface area contributed by atoms with Gasteiger partial charge < -0.3 is 15.5 Å². The highest BCUT2D eigenvalue weighted by atomic mass is 16.3. The topological polar surface area (TPSA) is 81.2 Å². The van der Waals surface area contributed by atoms with Crippen LogP contribution in [0.25, 0.3) is 11.5 Å². The summed E-state index contributed by atoms with van der Waals surface area (Å²) in [6.45, 7) is 4.49. The minimum absolute atomic E-state index is 0.0765. The number of oxazole rings is 1. The second-order valence-electron chi connectivity index (χ2n) is 4.86. The van der Waals surface area contributed by atoms with Crippen LogP contribution in [0, 0.1) is 12.8 Å². The number of rotatable bonds is 5. The van der Waals surface area contributed by atoms with Crippen molar-refractivity contribution >= 4 is 5.91 Å². The summed E-state index contributed by atoms with van der Waals surface area (Å²) in [6, 6.07) is 7.92. The second-order valence-corrected chi connectivity index (χ2v) is 4.86. The van der Waals surface area contributed by atoms with E-state index in [9.17, 15) is 4.79 Å². The zero-order chi connectivity index (χ0) is 14.5. The van der Waals surface area contributed by atoms with Gasteiger partial charge in [0, 0.05) is 18.0 Å². The van der Waals surface area contributed by atoms with Gasteiger partial charge in [-0.1, -0.05) is 24.6 Å². The molecule has 106 valence electrons. The SMILES string of the molecule is Cc1ccc(-c2nc(CNC(=O)C(C)CN)co2)cc1. The molecule has 3 N–H and O–H groups in total. The average Bonchev–Trinajstić information content (AvgIpc) is 2.93. The lowest BCUT2D eigenvalue weighted by Gasteiger charge is -2.07. The molecule has 5 heteroatoms. The van der Waals surface area contributed by atoms with Crippen LogP contribution < -0.4 is 11.1 Å². The Morgan fingerprint density at radius 2 is 2.10 bits per heavy atom. The highest BCUT2D eigenvalue weighted by Crippen LogP contribution is 2.18. The number of hydrogen-bond acceptors (Lipinski definition) is 4. The molecule has 1 amide bonds. The van der Waals surface area contributed by atoms with Gasteiger partial charge in [0.15, 0.2) is 0 Å². The van der Waals surface area contributed by atoms with E-state index in [1.165, 1.54) is 5.56 Å². The van der Waals surface area contributed by atoms with Crippen molar-refractivity contribution in [1.29, 1.82) is 0 Å². The minimum Gasteiger partial charge on any atom is -0.444 e. The molecule has 0 fully saturated rings. The second kappa shape index (κ2) is 6.34. The first kappa shape index (κ1) is 14.3. The molecular formula is C15H19N3O2. The molecule has 20 heavy (non-hydrogen) atoms. The maximum absolute atomic E-state index is 11.6. The Morgan fingerprint density at radius 1 is 1.40 bits per heavy atom. The number of carbonyl (C=O) groups excluding carboxylic acids is 1. The van der Waals surface area contributed by atoms with Crippen LogP contribution in [-0.2, 0) is 11.3 Å². The van der Waals surface area contributed by atoms with Crippen molar-refractivity contribution in [1.82, 2.24) is 10.3 Å². The van der Waals surface area contributed by atoms with E-state index in [4.69, 9.17) is 10.2 Å². The molecule has 1 heterocycles. The van der Waals surface area contributed by atoms with Crippen LogP contribution in [0.5, 0.6) is 0 Å². The van der Waals surface area contributed by atoms with E-state index in [1.807, 2.05) is 31.2 Å². The molecule has 2 rings (SSSR count). The number of nitrogens with zero attached hydrogens (tertiary/aromatic N) is 1. The molecule has 5 nitrogen and oxygen atoms in total. The molecule has 0 saturated carbocycles. The van der Waals surface area contributed by atoms with Crippen molar-refractivity contribution in [2.75, 3.05) is 6.54 Å². The first-order chi connectivity index (χ1) is 9.60. The fourth-order valence-electron chi connectivity index (χ4n) is 1.68. The Bertz CT molecular complexity index is 575. The Kier molecular flexibility index (Phi) is 4.53. The van der Waals surface area contributed by atoms with Gasteiger partial charge in [0.1, 0.15) is 6.26 Å². The average molecular weight is 273 g/mol. The molecule has 0 aliphatic heterocycles. The highest BCUT2D eigenvalue weighted by molar-refractivity contribution is 5.78. The molecule has 0 saturated heterocycles. The monoisotopic (exact) mass is 273 g/mol. The van der Waals surface area contributed by atoms with E-state index in [1.54, 1.807) is 13.2 Å². The number of nitrogens with one attached hydrogen (secondary N) is 1. The van der Waals surface area contributed by atoms with E-state index in [-0.39, 0.29) is 11.8 Å². The predicted molar refractivity (Wildman–Crippen MR) is 76.7 cm³/mol. The van der Waals surface area contributed by atoms with Crippen LogP contribution in [0.1, 0.15) is 18.2 Å². The van der Waals surface area contributed by atoms with E-state index in [2.05, 4.69) is 10.3 Å². The van der Waals surface area contributed by atoms with Gasteiger partial charge in [0.2, 0.25) is 11.8 Å². The fourth-order valence-corrected chi connectivity index (χ4v) is 1.68. The standard InChI is InChI=1S/C15H19N3O2/c1-10-3-5-12(6-4-10)15-18-13(9-20-15)8-17-14(19)11(2)7-16/h3-6,9,11H,7-8,16H2,1-2H3,(H,17,19). The lowest BCUT2D eigenvalue weighted by atomic mass is 10.1. The normalized spacial score (nSPS) is 12.2. The van der Waals surface area contributed by atoms with Crippen molar-refractivity contribution in [2.24, 2.45) is 11.7 Å². The van der Waals surface area contributed by atoms with Gasteiger partial charge in [0.25, 0.3) is 0 Å². The first-order valence-electron chi connectivity index (χ1n) is 6.59. The molecule has 0 radical (unpaired) electrons. The zero-order valence-electron chi connectivity index (χ0n) is 11.7. The number of benzene rings is 1. The molecule has 0 spiro atoms. The Hall–Kier alpha value is -2.14. The number of nitrogens with two attached hydrogens (primary N) is 1. The van der Waals surface area contributed by atoms with Crippen molar-refractivity contribution < 1.29 is 9.21 Å². The van der Waals surface area contributed by atoms with Crippen molar-refractivity contribution in [3.05, 3.63) is 41.8 Å². The van der Waals surface area contributed by atoms with E-state index < -0.39 is 0 Å². The number of carbonyl (C=O) groups is 1. The Labute approximate surface area is 118 Å². The third-order valence-electron chi connectivity index (χ3n) is 3.10.